The SMILES string of the molecule is Cc1ccc(C2CC(c3ccccc3)=NN2c2ccc(C=O)cc2)o1. The van der Waals surface area contributed by atoms with Gasteiger partial charge in [-0.3, -0.25) is 9.80 Å². The standard InChI is InChI=1S/C21H18N2O2/c1-15-7-12-21(25-15)20-13-19(17-5-3-2-4-6-17)22-23(20)18-10-8-16(14-24)9-11-18/h2-12,14,20H,13H2,1H3. The van der Waals surface area contributed by atoms with Gasteiger partial charge < -0.3 is 4.42 Å². The number of aldehydes is 1. The predicted molar refractivity (Wildman–Crippen MR) is 98.1 cm³/mol. The van der Waals surface area contributed by atoms with Gasteiger partial charge in [-0.2, -0.15) is 5.10 Å². The molecule has 0 amide bonds. The summed E-state index contributed by atoms with van der Waals surface area (Å²) in [6.07, 6.45) is 1.62. The van der Waals surface area contributed by atoms with Crippen LogP contribution in [0, 0.1) is 6.92 Å². The number of carbonyl (C=O) groups excluding carboxylic acids is 1. The topological polar surface area (TPSA) is 45.8 Å². The highest BCUT2D eigenvalue weighted by Gasteiger charge is 2.32. The number of hydrogen-bond donors (Lipinski definition) is 0. The van der Waals surface area contributed by atoms with Gasteiger partial charge >= 0.3 is 0 Å². The molecule has 25 heavy (non-hydrogen) atoms. The molecule has 2 aromatic carbocycles. The lowest BCUT2D eigenvalue weighted by Crippen LogP contribution is -2.18. The van der Waals surface area contributed by atoms with Crippen molar-refractivity contribution in [1.82, 2.24) is 0 Å². The third-order valence-electron chi connectivity index (χ3n) is 4.40. The van der Waals surface area contributed by atoms with Crippen molar-refractivity contribution in [3.8, 4) is 0 Å². The van der Waals surface area contributed by atoms with Crippen LogP contribution in [0.3, 0.4) is 0 Å². The Morgan fingerprint density at radius 1 is 1.04 bits per heavy atom. The summed E-state index contributed by atoms with van der Waals surface area (Å²) in [4.78, 5) is 10.9. The minimum atomic E-state index is 0.00554. The molecule has 4 rings (SSSR count). The van der Waals surface area contributed by atoms with Crippen LogP contribution in [0.1, 0.15) is 39.9 Å². The number of aryl methyl sites for hydroxylation is 1. The maximum Gasteiger partial charge on any atom is 0.150 e. The Morgan fingerprint density at radius 3 is 2.44 bits per heavy atom. The lowest BCUT2D eigenvalue weighted by molar-refractivity contribution is 0.112. The molecule has 1 aliphatic rings. The maximum atomic E-state index is 10.9. The van der Waals surface area contributed by atoms with Gasteiger partial charge in [0.15, 0.2) is 0 Å². The zero-order valence-corrected chi connectivity index (χ0v) is 13.9. The Bertz CT molecular complexity index is 911. The third kappa shape index (κ3) is 2.98. The van der Waals surface area contributed by atoms with Crippen molar-refractivity contribution in [3.05, 3.63) is 89.4 Å². The molecule has 1 atom stereocenters. The van der Waals surface area contributed by atoms with Crippen molar-refractivity contribution < 1.29 is 9.21 Å². The number of nitrogens with zero attached hydrogens (tertiary/aromatic N) is 2. The molecule has 124 valence electrons. The minimum Gasteiger partial charge on any atom is -0.464 e. The molecule has 0 aliphatic carbocycles. The van der Waals surface area contributed by atoms with E-state index in [0.717, 1.165) is 41.2 Å². The molecule has 4 nitrogen and oxygen atoms in total. The fourth-order valence-corrected chi connectivity index (χ4v) is 3.11. The highest BCUT2D eigenvalue weighted by molar-refractivity contribution is 6.03. The van der Waals surface area contributed by atoms with E-state index >= 15 is 0 Å². The average molecular weight is 330 g/mol. The highest BCUT2D eigenvalue weighted by Crippen LogP contribution is 2.37. The second-order valence-electron chi connectivity index (χ2n) is 6.14. The number of hydrogen-bond acceptors (Lipinski definition) is 4. The molecular weight excluding hydrogens is 312 g/mol. The third-order valence-corrected chi connectivity index (χ3v) is 4.40. The summed E-state index contributed by atoms with van der Waals surface area (Å²) in [5.41, 5.74) is 3.73. The fourth-order valence-electron chi connectivity index (χ4n) is 3.11. The van der Waals surface area contributed by atoms with E-state index in [0.29, 0.717) is 5.56 Å². The van der Waals surface area contributed by atoms with Crippen LogP contribution in [-0.4, -0.2) is 12.0 Å². The molecule has 1 unspecified atom stereocenters. The molecule has 4 heteroatoms. The van der Waals surface area contributed by atoms with Gasteiger partial charge in [0.1, 0.15) is 23.8 Å². The molecule has 3 aromatic rings. The molecule has 0 saturated carbocycles. The molecular formula is C21H18N2O2. The number of benzene rings is 2. The second-order valence-corrected chi connectivity index (χ2v) is 6.14. The maximum absolute atomic E-state index is 10.9. The Hall–Kier alpha value is -3.14. The quantitative estimate of drug-likeness (QED) is 0.648. The molecule has 0 radical (unpaired) electrons. The van der Waals surface area contributed by atoms with E-state index in [9.17, 15) is 4.79 Å². The van der Waals surface area contributed by atoms with Crippen LogP contribution < -0.4 is 5.01 Å². The van der Waals surface area contributed by atoms with E-state index < -0.39 is 0 Å². The van der Waals surface area contributed by atoms with Crippen LogP contribution in [-0.2, 0) is 0 Å². The Balaban J connectivity index is 1.74. The summed E-state index contributed by atoms with van der Waals surface area (Å²) in [6, 6.07) is 21.6. The first-order chi connectivity index (χ1) is 12.2. The van der Waals surface area contributed by atoms with E-state index in [1.54, 1.807) is 0 Å². The van der Waals surface area contributed by atoms with Crippen molar-refractivity contribution >= 4 is 17.7 Å². The number of rotatable bonds is 4. The van der Waals surface area contributed by atoms with Gasteiger partial charge in [-0.1, -0.05) is 30.3 Å². The van der Waals surface area contributed by atoms with Gasteiger partial charge in [-0.25, -0.2) is 0 Å². The van der Waals surface area contributed by atoms with Crippen LogP contribution in [0.25, 0.3) is 0 Å². The van der Waals surface area contributed by atoms with Crippen LogP contribution >= 0.6 is 0 Å². The van der Waals surface area contributed by atoms with Gasteiger partial charge in [-0.15, -0.1) is 0 Å². The van der Waals surface area contributed by atoms with Gasteiger partial charge in [0.25, 0.3) is 0 Å². The molecule has 1 aromatic heterocycles. The zero-order valence-electron chi connectivity index (χ0n) is 13.9. The summed E-state index contributed by atoms with van der Waals surface area (Å²) in [5, 5.41) is 6.83. The summed E-state index contributed by atoms with van der Waals surface area (Å²) in [6.45, 7) is 1.95. The largest absolute Gasteiger partial charge is 0.464 e. The van der Waals surface area contributed by atoms with Crippen molar-refractivity contribution in [3.63, 3.8) is 0 Å². The number of anilines is 1. The van der Waals surface area contributed by atoms with E-state index in [2.05, 4.69) is 12.1 Å². The van der Waals surface area contributed by atoms with Gasteiger partial charge in [-0.05, 0) is 48.9 Å². The first kappa shape index (κ1) is 15.4. The normalized spacial score (nSPS) is 16.8. The van der Waals surface area contributed by atoms with Crippen molar-refractivity contribution in [2.45, 2.75) is 19.4 Å². The zero-order chi connectivity index (χ0) is 17.2. The summed E-state index contributed by atoms with van der Waals surface area (Å²) in [5.74, 6) is 1.78. The van der Waals surface area contributed by atoms with Gasteiger partial charge in [0.05, 0.1) is 11.4 Å². The number of hydrazone groups is 1. The summed E-state index contributed by atoms with van der Waals surface area (Å²) >= 11 is 0. The Morgan fingerprint density at radius 2 is 1.80 bits per heavy atom. The van der Waals surface area contributed by atoms with E-state index in [1.807, 2.05) is 66.5 Å². The van der Waals surface area contributed by atoms with Crippen LogP contribution in [0.15, 0.2) is 76.2 Å². The summed E-state index contributed by atoms with van der Waals surface area (Å²) in [7, 11) is 0. The predicted octanol–water partition coefficient (Wildman–Crippen LogP) is 4.76. The van der Waals surface area contributed by atoms with E-state index in [1.165, 1.54) is 0 Å². The van der Waals surface area contributed by atoms with Gasteiger partial charge in [0, 0.05) is 12.0 Å². The number of furan rings is 1. The molecule has 0 bridgehead atoms. The molecule has 0 N–H and O–H groups in total. The molecule has 0 saturated heterocycles. The molecule has 0 fully saturated rings. The van der Waals surface area contributed by atoms with Crippen LogP contribution in [0.4, 0.5) is 5.69 Å². The highest BCUT2D eigenvalue weighted by atomic mass is 16.3. The lowest BCUT2D eigenvalue weighted by atomic mass is 10.0. The van der Waals surface area contributed by atoms with Crippen LogP contribution in [0.2, 0.25) is 0 Å². The average Bonchev–Trinajstić information content (AvgIpc) is 3.29. The van der Waals surface area contributed by atoms with Crippen molar-refractivity contribution in [2.24, 2.45) is 5.10 Å². The Labute approximate surface area is 146 Å². The van der Waals surface area contributed by atoms with E-state index in [4.69, 9.17) is 9.52 Å². The molecule has 1 aliphatic heterocycles. The Kier molecular flexibility index (Phi) is 3.94. The van der Waals surface area contributed by atoms with Crippen LogP contribution in [0.5, 0.6) is 0 Å². The molecule has 2 heterocycles. The van der Waals surface area contributed by atoms with Crippen molar-refractivity contribution in [2.75, 3.05) is 5.01 Å². The summed E-state index contributed by atoms with van der Waals surface area (Å²) < 4.78 is 5.88. The number of carbonyl (C=O) groups is 1. The lowest BCUT2D eigenvalue weighted by Gasteiger charge is -2.22. The molecule has 0 spiro atoms. The fraction of sp³-hybridized carbons (Fsp3) is 0.143. The minimum absolute atomic E-state index is 0.00554. The van der Waals surface area contributed by atoms with Crippen molar-refractivity contribution in [1.29, 1.82) is 0 Å². The monoisotopic (exact) mass is 330 g/mol. The first-order valence-corrected chi connectivity index (χ1v) is 8.28. The van der Waals surface area contributed by atoms with Gasteiger partial charge in [0.2, 0.25) is 0 Å². The smallest absolute Gasteiger partial charge is 0.150 e. The van der Waals surface area contributed by atoms with E-state index in [-0.39, 0.29) is 6.04 Å². The first-order valence-electron chi connectivity index (χ1n) is 8.28. The second kappa shape index (κ2) is 6.40.